The topological polar surface area (TPSA) is 68.6 Å². The number of amides is 1. The first-order chi connectivity index (χ1) is 8.86. The maximum atomic E-state index is 11.9. The van der Waals surface area contributed by atoms with Crippen molar-refractivity contribution in [1.82, 2.24) is 15.1 Å². The predicted octanol–water partition coefficient (Wildman–Crippen LogP) is -0.333. The van der Waals surface area contributed by atoms with Crippen LogP contribution < -0.4 is 5.32 Å². The molecule has 108 valence electrons. The Bertz CT molecular complexity index is 351. The van der Waals surface area contributed by atoms with Gasteiger partial charge in [0.1, 0.15) is 5.54 Å². The van der Waals surface area contributed by atoms with E-state index in [1.165, 1.54) is 4.90 Å². The van der Waals surface area contributed by atoms with Gasteiger partial charge in [0.05, 0.1) is 25.3 Å². The molecule has 0 saturated carbocycles. The van der Waals surface area contributed by atoms with Gasteiger partial charge >= 0.3 is 0 Å². The van der Waals surface area contributed by atoms with Gasteiger partial charge in [-0.1, -0.05) is 0 Å². The Kier molecular flexibility index (Phi) is 5.73. The third kappa shape index (κ3) is 4.78. The van der Waals surface area contributed by atoms with Gasteiger partial charge < -0.3 is 19.9 Å². The van der Waals surface area contributed by atoms with Crippen LogP contribution in [0.1, 0.15) is 13.8 Å². The van der Waals surface area contributed by atoms with Crippen molar-refractivity contribution in [3.8, 4) is 6.07 Å². The molecule has 0 radical (unpaired) electrons. The predicted molar refractivity (Wildman–Crippen MR) is 72.6 cm³/mol. The molecule has 1 amide bonds. The molecule has 0 aromatic carbocycles. The maximum Gasteiger partial charge on any atom is 0.237 e. The number of morpholine rings is 1. The van der Waals surface area contributed by atoms with E-state index in [0.717, 1.165) is 19.7 Å². The molecule has 6 nitrogen and oxygen atoms in total. The Labute approximate surface area is 115 Å². The van der Waals surface area contributed by atoms with Gasteiger partial charge in [-0.15, -0.1) is 0 Å². The standard InChI is InChI=1S/C13H24N4O2/c1-13(2,10-14)17(4)12(18)8-15-7-11-9-16(3)5-6-19-11/h11,15H,5-9H2,1-4H3. The minimum absolute atomic E-state index is 0.0873. The molecule has 0 aliphatic carbocycles. The molecule has 1 rings (SSSR count). The number of carbonyl (C=O) groups excluding carboxylic acids is 1. The molecule has 1 fully saturated rings. The second-order valence-corrected chi connectivity index (χ2v) is 5.51. The van der Waals surface area contributed by atoms with Crippen LogP contribution in [0.5, 0.6) is 0 Å². The van der Waals surface area contributed by atoms with Crippen LogP contribution in [-0.2, 0) is 9.53 Å². The Morgan fingerprint density at radius 3 is 2.89 bits per heavy atom. The van der Waals surface area contributed by atoms with Gasteiger partial charge in [-0.2, -0.15) is 5.26 Å². The molecule has 1 aliphatic rings. The van der Waals surface area contributed by atoms with E-state index in [4.69, 9.17) is 10.00 Å². The molecule has 1 saturated heterocycles. The van der Waals surface area contributed by atoms with Crippen molar-refractivity contribution in [3.63, 3.8) is 0 Å². The summed E-state index contributed by atoms with van der Waals surface area (Å²) in [6.07, 6.45) is 0.126. The van der Waals surface area contributed by atoms with Crippen molar-refractivity contribution in [3.05, 3.63) is 0 Å². The molecule has 1 heterocycles. The Balaban J connectivity index is 2.29. The number of nitrogens with zero attached hydrogens (tertiary/aromatic N) is 3. The van der Waals surface area contributed by atoms with Gasteiger partial charge in [0, 0.05) is 26.7 Å². The minimum Gasteiger partial charge on any atom is -0.374 e. The number of likely N-dealkylation sites (N-methyl/N-ethyl adjacent to an activating group) is 2. The lowest BCUT2D eigenvalue weighted by Gasteiger charge is -2.31. The van der Waals surface area contributed by atoms with Crippen molar-refractivity contribution in [1.29, 1.82) is 5.26 Å². The quantitative estimate of drug-likeness (QED) is 0.739. The summed E-state index contributed by atoms with van der Waals surface area (Å²) in [4.78, 5) is 15.6. The molecular weight excluding hydrogens is 244 g/mol. The summed E-state index contributed by atoms with van der Waals surface area (Å²) in [5.74, 6) is -0.0873. The van der Waals surface area contributed by atoms with E-state index >= 15 is 0 Å². The highest BCUT2D eigenvalue weighted by Crippen LogP contribution is 2.10. The number of ether oxygens (including phenoxy) is 1. The summed E-state index contributed by atoms with van der Waals surface area (Å²) in [6, 6.07) is 2.11. The lowest BCUT2D eigenvalue weighted by atomic mass is 10.1. The summed E-state index contributed by atoms with van der Waals surface area (Å²) < 4.78 is 5.60. The SMILES string of the molecule is CN1CCOC(CNCC(=O)N(C)C(C)(C)C#N)C1. The van der Waals surface area contributed by atoms with Gasteiger partial charge in [-0.3, -0.25) is 4.79 Å². The number of nitriles is 1. The van der Waals surface area contributed by atoms with Crippen molar-refractivity contribution in [2.24, 2.45) is 0 Å². The summed E-state index contributed by atoms with van der Waals surface area (Å²) in [5.41, 5.74) is -0.777. The van der Waals surface area contributed by atoms with Crippen LogP contribution in [0.4, 0.5) is 0 Å². The van der Waals surface area contributed by atoms with E-state index in [1.807, 2.05) is 0 Å². The van der Waals surface area contributed by atoms with Crippen LogP contribution in [0.15, 0.2) is 0 Å². The molecule has 1 atom stereocenters. The molecule has 1 aliphatic heterocycles. The van der Waals surface area contributed by atoms with Crippen molar-refractivity contribution in [2.75, 3.05) is 46.9 Å². The highest BCUT2D eigenvalue weighted by atomic mass is 16.5. The van der Waals surface area contributed by atoms with Crippen LogP contribution >= 0.6 is 0 Å². The minimum atomic E-state index is -0.777. The largest absolute Gasteiger partial charge is 0.374 e. The van der Waals surface area contributed by atoms with Crippen LogP contribution in [0.2, 0.25) is 0 Å². The molecule has 1 unspecified atom stereocenters. The number of carbonyl (C=O) groups is 1. The highest BCUT2D eigenvalue weighted by molar-refractivity contribution is 5.79. The zero-order chi connectivity index (χ0) is 14.5. The third-order valence-electron chi connectivity index (χ3n) is 3.48. The molecule has 19 heavy (non-hydrogen) atoms. The number of rotatable bonds is 5. The molecule has 0 aromatic heterocycles. The normalized spacial score (nSPS) is 20.9. The average Bonchev–Trinajstić information content (AvgIpc) is 2.37. The molecule has 1 N–H and O–H groups in total. The zero-order valence-electron chi connectivity index (χ0n) is 12.3. The van der Waals surface area contributed by atoms with Gasteiger partial charge in [-0.05, 0) is 20.9 Å². The first kappa shape index (κ1) is 15.9. The molecule has 0 aromatic rings. The van der Waals surface area contributed by atoms with Crippen molar-refractivity contribution >= 4 is 5.91 Å². The van der Waals surface area contributed by atoms with E-state index in [9.17, 15) is 4.79 Å². The Morgan fingerprint density at radius 1 is 1.63 bits per heavy atom. The van der Waals surface area contributed by atoms with Crippen molar-refractivity contribution < 1.29 is 9.53 Å². The maximum absolute atomic E-state index is 11.9. The zero-order valence-corrected chi connectivity index (χ0v) is 12.3. The lowest BCUT2D eigenvalue weighted by Crippen LogP contribution is -2.49. The van der Waals surface area contributed by atoms with Gasteiger partial charge in [0.25, 0.3) is 0 Å². The molecule has 6 heteroatoms. The van der Waals surface area contributed by atoms with E-state index < -0.39 is 5.54 Å². The van der Waals surface area contributed by atoms with Crippen LogP contribution in [0, 0.1) is 11.3 Å². The summed E-state index contributed by atoms with van der Waals surface area (Å²) in [7, 11) is 3.71. The van der Waals surface area contributed by atoms with Crippen LogP contribution in [0.3, 0.4) is 0 Å². The fraction of sp³-hybridized carbons (Fsp3) is 0.846. The lowest BCUT2D eigenvalue weighted by molar-refractivity contribution is -0.132. The van der Waals surface area contributed by atoms with Crippen LogP contribution in [-0.4, -0.2) is 74.2 Å². The van der Waals surface area contributed by atoms with Gasteiger partial charge in [0.2, 0.25) is 5.91 Å². The van der Waals surface area contributed by atoms with Crippen LogP contribution in [0.25, 0.3) is 0 Å². The van der Waals surface area contributed by atoms with E-state index in [2.05, 4.69) is 23.3 Å². The molecule has 0 spiro atoms. The Morgan fingerprint density at radius 2 is 2.32 bits per heavy atom. The number of hydrogen-bond acceptors (Lipinski definition) is 5. The highest BCUT2D eigenvalue weighted by Gasteiger charge is 2.27. The molecular formula is C13H24N4O2. The fourth-order valence-electron chi connectivity index (χ4n) is 1.84. The fourth-order valence-corrected chi connectivity index (χ4v) is 1.84. The Hall–Kier alpha value is -1.16. The molecule has 0 bridgehead atoms. The van der Waals surface area contributed by atoms with Gasteiger partial charge in [0.15, 0.2) is 0 Å². The number of nitrogens with one attached hydrogen (secondary N) is 1. The summed E-state index contributed by atoms with van der Waals surface area (Å²) in [6.45, 7) is 6.89. The average molecular weight is 268 g/mol. The third-order valence-corrected chi connectivity index (χ3v) is 3.48. The first-order valence-corrected chi connectivity index (χ1v) is 6.55. The smallest absolute Gasteiger partial charge is 0.237 e. The van der Waals surface area contributed by atoms with E-state index in [1.54, 1.807) is 20.9 Å². The first-order valence-electron chi connectivity index (χ1n) is 6.55. The van der Waals surface area contributed by atoms with E-state index in [-0.39, 0.29) is 18.6 Å². The van der Waals surface area contributed by atoms with Gasteiger partial charge in [-0.25, -0.2) is 0 Å². The summed E-state index contributed by atoms with van der Waals surface area (Å²) in [5, 5.41) is 12.1. The second-order valence-electron chi connectivity index (χ2n) is 5.51. The monoisotopic (exact) mass is 268 g/mol. The number of hydrogen-bond donors (Lipinski definition) is 1. The second kappa shape index (κ2) is 6.85. The van der Waals surface area contributed by atoms with E-state index in [0.29, 0.717) is 6.54 Å². The summed E-state index contributed by atoms with van der Waals surface area (Å²) >= 11 is 0. The van der Waals surface area contributed by atoms with Crippen molar-refractivity contribution in [2.45, 2.75) is 25.5 Å².